The SMILES string of the molecule is CC(C)N1C(=O)C[C@H](N)[C@H]1c1cccc(Br)c1. The Morgan fingerprint density at radius 2 is 2.18 bits per heavy atom. The van der Waals surface area contributed by atoms with Crippen molar-refractivity contribution < 1.29 is 4.79 Å². The highest BCUT2D eigenvalue weighted by molar-refractivity contribution is 9.10. The molecule has 0 bridgehead atoms. The third-order valence-corrected chi connectivity index (χ3v) is 3.64. The summed E-state index contributed by atoms with van der Waals surface area (Å²) in [6.07, 6.45) is 0.440. The van der Waals surface area contributed by atoms with E-state index in [4.69, 9.17) is 5.73 Å². The molecule has 92 valence electrons. The van der Waals surface area contributed by atoms with Crippen molar-refractivity contribution in [1.82, 2.24) is 4.90 Å². The lowest BCUT2D eigenvalue weighted by molar-refractivity contribution is -0.130. The van der Waals surface area contributed by atoms with Crippen LogP contribution in [-0.4, -0.2) is 22.9 Å². The highest BCUT2D eigenvalue weighted by Gasteiger charge is 2.39. The fourth-order valence-corrected chi connectivity index (χ4v) is 2.90. The fraction of sp³-hybridized carbons (Fsp3) is 0.462. The molecule has 1 heterocycles. The summed E-state index contributed by atoms with van der Waals surface area (Å²) in [5, 5.41) is 0. The van der Waals surface area contributed by atoms with Gasteiger partial charge < -0.3 is 10.6 Å². The molecule has 1 fully saturated rings. The molecular formula is C13H17BrN2O. The Hall–Kier alpha value is -0.870. The van der Waals surface area contributed by atoms with Gasteiger partial charge in [-0.3, -0.25) is 4.79 Å². The monoisotopic (exact) mass is 296 g/mol. The standard InChI is InChI=1S/C13H17BrN2O/c1-8(2)16-12(17)7-11(15)13(16)9-4-3-5-10(14)6-9/h3-6,8,11,13H,7,15H2,1-2H3/t11-,13+/m0/s1. The molecule has 0 radical (unpaired) electrons. The number of amides is 1. The number of halogens is 1. The van der Waals surface area contributed by atoms with E-state index in [9.17, 15) is 4.79 Å². The molecule has 1 aliphatic rings. The van der Waals surface area contributed by atoms with Crippen molar-refractivity contribution in [3.63, 3.8) is 0 Å². The van der Waals surface area contributed by atoms with Gasteiger partial charge in [0, 0.05) is 23.0 Å². The van der Waals surface area contributed by atoms with Crippen LogP contribution in [0.4, 0.5) is 0 Å². The van der Waals surface area contributed by atoms with E-state index in [0.29, 0.717) is 6.42 Å². The number of rotatable bonds is 2. The van der Waals surface area contributed by atoms with Gasteiger partial charge in [-0.1, -0.05) is 28.1 Å². The van der Waals surface area contributed by atoms with Crippen LogP contribution < -0.4 is 5.73 Å². The van der Waals surface area contributed by atoms with Gasteiger partial charge in [0.1, 0.15) is 0 Å². The first-order valence-electron chi connectivity index (χ1n) is 5.83. The van der Waals surface area contributed by atoms with E-state index in [1.165, 1.54) is 0 Å². The van der Waals surface area contributed by atoms with Crippen molar-refractivity contribution in [2.45, 2.75) is 38.4 Å². The average molecular weight is 297 g/mol. The van der Waals surface area contributed by atoms with Crippen LogP contribution in [-0.2, 0) is 4.79 Å². The largest absolute Gasteiger partial charge is 0.332 e. The molecule has 0 aliphatic carbocycles. The lowest BCUT2D eigenvalue weighted by atomic mass is 10.0. The zero-order chi connectivity index (χ0) is 12.6. The van der Waals surface area contributed by atoms with Crippen LogP contribution in [0.2, 0.25) is 0 Å². The molecule has 0 spiro atoms. The number of carbonyl (C=O) groups excluding carboxylic acids is 1. The van der Waals surface area contributed by atoms with Crippen molar-refractivity contribution in [2.75, 3.05) is 0 Å². The maximum absolute atomic E-state index is 11.9. The fourth-order valence-electron chi connectivity index (χ4n) is 2.49. The van der Waals surface area contributed by atoms with E-state index in [2.05, 4.69) is 15.9 Å². The highest BCUT2D eigenvalue weighted by Crippen LogP contribution is 2.34. The normalized spacial score (nSPS) is 24.8. The van der Waals surface area contributed by atoms with E-state index >= 15 is 0 Å². The first kappa shape index (κ1) is 12.6. The maximum atomic E-state index is 11.9. The first-order valence-corrected chi connectivity index (χ1v) is 6.62. The van der Waals surface area contributed by atoms with Crippen LogP contribution in [0.15, 0.2) is 28.7 Å². The average Bonchev–Trinajstić information content (AvgIpc) is 2.53. The van der Waals surface area contributed by atoms with Crippen LogP contribution in [0.1, 0.15) is 31.9 Å². The topological polar surface area (TPSA) is 46.3 Å². The number of nitrogens with zero attached hydrogens (tertiary/aromatic N) is 1. The van der Waals surface area contributed by atoms with Gasteiger partial charge in [0.2, 0.25) is 5.91 Å². The van der Waals surface area contributed by atoms with Crippen molar-refractivity contribution in [2.24, 2.45) is 5.73 Å². The Balaban J connectivity index is 2.38. The Morgan fingerprint density at radius 3 is 2.76 bits per heavy atom. The molecule has 1 saturated heterocycles. The molecule has 1 amide bonds. The predicted molar refractivity (Wildman–Crippen MR) is 71.5 cm³/mol. The van der Waals surface area contributed by atoms with Crippen molar-refractivity contribution in [1.29, 1.82) is 0 Å². The van der Waals surface area contributed by atoms with Crippen LogP contribution in [0.3, 0.4) is 0 Å². The summed E-state index contributed by atoms with van der Waals surface area (Å²) in [5.74, 6) is 0.150. The second-order valence-electron chi connectivity index (χ2n) is 4.76. The van der Waals surface area contributed by atoms with Gasteiger partial charge in [-0.15, -0.1) is 0 Å². The maximum Gasteiger partial charge on any atom is 0.225 e. The summed E-state index contributed by atoms with van der Waals surface area (Å²) in [4.78, 5) is 13.8. The molecule has 1 aromatic carbocycles. The molecule has 0 unspecified atom stereocenters. The Bertz CT molecular complexity index is 433. The predicted octanol–water partition coefficient (Wildman–Crippen LogP) is 2.46. The van der Waals surface area contributed by atoms with Gasteiger partial charge in [-0.2, -0.15) is 0 Å². The van der Waals surface area contributed by atoms with Gasteiger partial charge in [0.25, 0.3) is 0 Å². The molecule has 0 saturated carbocycles. The summed E-state index contributed by atoms with van der Waals surface area (Å²) in [6.45, 7) is 4.06. The van der Waals surface area contributed by atoms with Gasteiger partial charge in [-0.05, 0) is 31.5 Å². The van der Waals surface area contributed by atoms with Crippen LogP contribution in [0.5, 0.6) is 0 Å². The minimum Gasteiger partial charge on any atom is -0.332 e. The Kier molecular flexibility index (Phi) is 3.54. The molecule has 2 N–H and O–H groups in total. The third-order valence-electron chi connectivity index (χ3n) is 3.15. The second-order valence-corrected chi connectivity index (χ2v) is 5.68. The first-order chi connectivity index (χ1) is 8.00. The zero-order valence-corrected chi connectivity index (χ0v) is 11.6. The minimum atomic E-state index is -0.112. The summed E-state index contributed by atoms with van der Waals surface area (Å²) >= 11 is 3.46. The molecule has 2 rings (SSSR count). The number of hydrogen-bond donors (Lipinski definition) is 1. The summed E-state index contributed by atoms with van der Waals surface area (Å²) in [5.41, 5.74) is 7.21. The molecule has 4 heteroatoms. The van der Waals surface area contributed by atoms with E-state index in [1.807, 2.05) is 43.0 Å². The Morgan fingerprint density at radius 1 is 1.47 bits per heavy atom. The highest BCUT2D eigenvalue weighted by atomic mass is 79.9. The van der Waals surface area contributed by atoms with Gasteiger partial charge >= 0.3 is 0 Å². The number of hydrogen-bond acceptors (Lipinski definition) is 2. The van der Waals surface area contributed by atoms with Crippen molar-refractivity contribution in [3.05, 3.63) is 34.3 Å². The minimum absolute atomic E-state index is 0.000000000000000444. The summed E-state index contributed by atoms with van der Waals surface area (Å²) in [6, 6.07) is 8.10. The van der Waals surface area contributed by atoms with Crippen molar-refractivity contribution >= 4 is 21.8 Å². The van der Waals surface area contributed by atoms with Crippen molar-refractivity contribution in [3.8, 4) is 0 Å². The second kappa shape index (κ2) is 4.78. The molecule has 0 aromatic heterocycles. The van der Waals surface area contributed by atoms with Crippen LogP contribution in [0, 0.1) is 0 Å². The molecule has 1 aromatic rings. The molecule has 17 heavy (non-hydrogen) atoms. The lowest BCUT2D eigenvalue weighted by Crippen LogP contribution is -2.37. The number of benzene rings is 1. The summed E-state index contributed by atoms with van der Waals surface area (Å²) < 4.78 is 1.02. The lowest BCUT2D eigenvalue weighted by Gasteiger charge is -2.30. The van der Waals surface area contributed by atoms with Gasteiger partial charge in [-0.25, -0.2) is 0 Å². The molecular weight excluding hydrogens is 280 g/mol. The molecule has 2 atom stereocenters. The number of nitrogens with two attached hydrogens (primary N) is 1. The third kappa shape index (κ3) is 2.38. The van der Waals surface area contributed by atoms with E-state index in [-0.39, 0.29) is 24.0 Å². The number of likely N-dealkylation sites (tertiary alicyclic amines) is 1. The van der Waals surface area contributed by atoms with Crippen LogP contribution in [0.25, 0.3) is 0 Å². The smallest absolute Gasteiger partial charge is 0.225 e. The van der Waals surface area contributed by atoms with E-state index in [1.54, 1.807) is 0 Å². The zero-order valence-electron chi connectivity index (χ0n) is 10.1. The summed E-state index contributed by atoms with van der Waals surface area (Å²) in [7, 11) is 0. The molecule has 1 aliphatic heterocycles. The van der Waals surface area contributed by atoms with E-state index in [0.717, 1.165) is 10.0 Å². The quantitative estimate of drug-likeness (QED) is 0.911. The van der Waals surface area contributed by atoms with Crippen LogP contribution >= 0.6 is 15.9 Å². The van der Waals surface area contributed by atoms with Gasteiger partial charge in [0.05, 0.1) is 6.04 Å². The van der Waals surface area contributed by atoms with Gasteiger partial charge in [0.15, 0.2) is 0 Å². The Labute approximate surface area is 110 Å². The number of carbonyl (C=O) groups is 1. The molecule has 3 nitrogen and oxygen atoms in total. The van der Waals surface area contributed by atoms with E-state index < -0.39 is 0 Å².